The van der Waals surface area contributed by atoms with Gasteiger partial charge in [0.1, 0.15) is 11.6 Å². The first-order chi connectivity index (χ1) is 7.61. The molecule has 0 aliphatic rings. The summed E-state index contributed by atoms with van der Waals surface area (Å²) in [6.45, 7) is 5.68. The highest BCUT2D eigenvalue weighted by atomic mass is 16.5. The van der Waals surface area contributed by atoms with Crippen molar-refractivity contribution in [3.8, 4) is 11.4 Å². The number of nitrogens with zero attached hydrogens (tertiary/aromatic N) is 3. The van der Waals surface area contributed by atoms with Crippen LogP contribution in [0.15, 0.2) is 10.6 Å². The summed E-state index contributed by atoms with van der Waals surface area (Å²) >= 11 is 0. The Labute approximate surface area is 93.9 Å². The molecule has 2 rings (SSSR count). The molecule has 0 radical (unpaired) electrons. The first-order valence-electron chi connectivity index (χ1n) is 5.08. The SMILES string of the molecule is CNc1cc(C)nc(-c2c(C)noc2C)n1. The average Bonchev–Trinajstić information content (AvgIpc) is 2.57. The predicted molar refractivity (Wildman–Crippen MR) is 61.3 cm³/mol. The van der Waals surface area contributed by atoms with Crippen molar-refractivity contribution >= 4 is 5.82 Å². The molecule has 5 nitrogen and oxygen atoms in total. The van der Waals surface area contributed by atoms with E-state index in [1.165, 1.54) is 0 Å². The summed E-state index contributed by atoms with van der Waals surface area (Å²) in [4.78, 5) is 8.79. The third kappa shape index (κ3) is 1.76. The summed E-state index contributed by atoms with van der Waals surface area (Å²) in [5.74, 6) is 2.19. The fourth-order valence-electron chi connectivity index (χ4n) is 1.61. The number of hydrogen-bond donors (Lipinski definition) is 1. The highest BCUT2D eigenvalue weighted by Gasteiger charge is 2.15. The van der Waals surface area contributed by atoms with Gasteiger partial charge in [-0.2, -0.15) is 0 Å². The summed E-state index contributed by atoms with van der Waals surface area (Å²) in [5.41, 5.74) is 2.60. The summed E-state index contributed by atoms with van der Waals surface area (Å²) in [6.07, 6.45) is 0. The van der Waals surface area contributed by atoms with Crippen LogP contribution in [0.5, 0.6) is 0 Å². The summed E-state index contributed by atoms with van der Waals surface area (Å²) in [6, 6.07) is 1.89. The zero-order valence-electron chi connectivity index (χ0n) is 9.83. The maximum atomic E-state index is 5.11. The smallest absolute Gasteiger partial charge is 0.167 e. The fraction of sp³-hybridized carbons (Fsp3) is 0.364. The van der Waals surface area contributed by atoms with Gasteiger partial charge in [0.25, 0.3) is 0 Å². The van der Waals surface area contributed by atoms with Gasteiger partial charge in [0.05, 0.1) is 11.3 Å². The monoisotopic (exact) mass is 218 g/mol. The largest absolute Gasteiger partial charge is 0.373 e. The molecule has 2 aromatic rings. The quantitative estimate of drug-likeness (QED) is 0.836. The molecule has 0 bridgehead atoms. The first-order valence-corrected chi connectivity index (χ1v) is 5.08. The molecule has 16 heavy (non-hydrogen) atoms. The van der Waals surface area contributed by atoms with E-state index in [4.69, 9.17) is 4.52 Å². The van der Waals surface area contributed by atoms with Gasteiger partial charge in [-0.05, 0) is 20.8 Å². The van der Waals surface area contributed by atoms with Crippen molar-refractivity contribution < 1.29 is 4.52 Å². The van der Waals surface area contributed by atoms with Crippen LogP contribution in [0.25, 0.3) is 11.4 Å². The molecular weight excluding hydrogens is 204 g/mol. The van der Waals surface area contributed by atoms with Crippen molar-refractivity contribution in [2.45, 2.75) is 20.8 Å². The van der Waals surface area contributed by atoms with E-state index < -0.39 is 0 Å². The lowest BCUT2D eigenvalue weighted by Gasteiger charge is -2.04. The number of aryl methyl sites for hydroxylation is 3. The van der Waals surface area contributed by atoms with Crippen LogP contribution in [0.2, 0.25) is 0 Å². The van der Waals surface area contributed by atoms with Crippen molar-refractivity contribution in [1.82, 2.24) is 15.1 Å². The van der Waals surface area contributed by atoms with Crippen molar-refractivity contribution in [3.05, 3.63) is 23.2 Å². The predicted octanol–water partition coefficient (Wildman–Crippen LogP) is 2.10. The van der Waals surface area contributed by atoms with Gasteiger partial charge in [0, 0.05) is 18.8 Å². The van der Waals surface area contributed by atoms with E-state index in [1.54, 1.807) is 0 Å². The molecule has 0 aromatic carbocycles. The highest BCUT2D eigenvalue weighted by molar-refractivity contribution is 5.61. The molecule has 0 atom stereocenters. The van der Waals surface area contributed by atoms with Gasteiger partial charge < -0.3 is 9.84 Å². The maximum absolute atomic E-state index is 5.11. The molecule has 2 aromatic heterocycles. The Morgan fingerprint density at radius 1 is 1.19 bits per heavy atom. The van der Waals surface area contributed by atoms with Crippen LogP contribution in [-0.4, -0.2) is 22.2 Å². The number of rotatable bonds is 2. The van der Waals surface area contributed by atoms with Gasteiger partial charge in [-0.25, -0.2) is 9.97 Å². The van der Waals surface area contributed by atoms with E-state index in [0.717, 1.165) is 28.5 Å². The molecule has 5 heteroatoms. The van der Waals surface area contributed by atoms with Gasteiger partial charge in [-0.3, -0.25) is 0 Å². The van der Waals surface area contributed by atoms with Gasteiger partial charge in [0.15, 0.2) is 5.82 Å². The Bertz CT molecular complexity index is 499. The molecule has 0 unspecified atom stereocenters. The minimum atomic E-state index is 0.653. The van der Waals surface area contributed by atoms with Crippen LogP contribution >= 0.6 is 0 Å². The second kappa shape index (κ2) is 3.92. The minimum Gasteiger partial charge on any atom is -0.373 e. The lowest BCUT2D eigenvalue weighted by atomic mass is 10.2. The molecule has 0 spiro atoms. The molecule has 0 amide bonds. The third-order valence-corrected chi connectivity index (χ3v) is 2.37. The highest BCUT2D eigenvalue weighted by Crippen LogP contribution is 2.24. The zero-order valence-corrected chi connectivity index (χ0v) is 9.83. The zero-order chi connectivity index (χ0) is 11.7. The molecule has 84 valence electrons. The van der Waals surface area contributed by atoms with Gasteiger partial charge in [0.2, 0.25) is 0 Å². The van der Waals surface area contributed by atoms with E-state index in [1.807, 2.05) is 33.9 Å². The molecule has 1 N–H and O–H groups in total. The molecule has 2 heterocycles. The topological polar surface area (TPSA) is 63.8 Å². The van der Waals surface area contributed by atoms with Crippen LogP contribution in [0.4, 0.5) is 5.82 Å². The molecule has 0 saturated carbocycles. The lowest BCUT2D eigenvalue weighted by Crippen LogP contribution is -1.99. The summed E-state index contributed by atoms with van der Waals surface area (Å²) < 4.78 is 5.11. The van der Waals surface area contributed by atoms with Crippen molar-refractivity contribution in [3.63, 3.8) is 0 Å². The third-order valence-electron chi connectivity index (χ3n) is 2.37. The summed E-state index contributed by atoms with van der Waals surface area (Å²) in [7, 11) is 1.83. The Balaban J connectivity index is 2.60. The second-order valence-corrected chi connectivity index (χ2v) is 3.67. The van der Waals surface area contributed by atoms with Crippen LogP contribution < -0.4 is 5.32 Å². The van der Waals surface area contributed by atoms with Crippen molar-refractivity contribution in [2.75, 3.05) is 12.4 Å². The number of nitrogens with one attached hydrogen (secondary N) is 1. The fourth-order valence-corrected chi connectivity index (χ4v) is 1.61. The first kappa shape index (κ1) is 10.6. The Kier molecular flexibility index (Phi) is 2.60. The van der Waals surface area contributed by atoms with E-state index in [2.05, 4.69) is 20.4 Å². The van der Waals surface area contributed by atoms with E-state index >= 15 is 0 Å². The Hall–Kier alpha value is -1.91. The maximum Gasteiger partial charge on any atom is 0.167 e. The number of aromatic nitrogens is 3. The Morgan fingerprint density at radius 2 is 1.94 bits per heavy atom. The Morgan fingerprint density at radius 3 is 2.50 bits per heavy atom. The standard InChI is InChI=1S/C11H14N4O/c1-6-5-9(12-4)14-11(13-6)10-7(2)15-16-8(10)3/h5H,1-4H3,(H,12,13,14). The van der Waals surface area contributed by atoms with Crippen molar-refractivity contribution in [2.24, 2.45) is 0 Å². The van der Waals surface area contributed by atoms with Gasteiger partial charge in [-0.1, -0.05) is 5.16 Å². The van der Waals surface area contributed by atoms with Gasteiger partial charge in [-0.15, -0.1) is 0 Å². The van der Waals surface area contributed by atoms with Gasteiger partial charge >= 0.3 is 0 Å². The molecular formula is C11H14N4O. The van der Waals surface area contributed by atoms with Crippen LogP contribution in [0, 0.1) is 20.8 Å². The second-order valence-electron chi connectivity index (χ2n) is 3.67. The normalized spacial score (nSPS) is 10.5. The van der Waals surface area contributed by atoms with E-state index in [-0.39, 0.29) is 0 Å². The number of hydrogen-bond acceptors (Lipinski definition) is 5. The molecule has 0 aliphatic heterocycles. The summed E-state index contributed by atoms with van der Waals surface area (Å²) in [5, 5.41) is 6.91. The number of anilines is 1. The van der Waals surface area contributed by atoms with Crippen molar-refractivity contribution in [1.29, 1.82) is 0 Å². The molecule has 0 aliphatic carbocycles. The van der Waals surface area contributed by atoms with Crippen LogP contribution in [-0.2, 0) is 0 Å². The average molecular weight is 218 g/mol. The van der Waals surface area contributed by atoms with E-state index in [0.29, 0.717) is 5.82 Å². The van der Waals surface area contributed by atoms with Crippen LogP contribution in [0.3, 0.4) is 0 Å². The molecule has 0 fully saturated rings. The molecule has 0 saturated heterocycles. The van der Waals surface area contributed by atoms with E-state index in [9.17, 15) is 0 Å². The van der Waals surface area contributed by atoms with Crippen LogP contribution in [0.1, 0.15) is 17.1 Å². The minimum absolute atomic E-state index is 0.653. The lowest BCUT2D eigenvalue weighted by molar-refractivity contribution is 0.393.